The van der Waals surface area contributed by atoms with Crippen molar-refractivity contribution in [2.45, 2.75) is 13.0 Å². The second-order valence-corrected chi connectivity index (χ2v) is 3.98. The van der Waals surface area contributed by atoms with Gasteiger partial charge in [-0.15, -0.1) is 0 Å². The van der Waals surface area contributed by atoms with E-state index in [9.17, 15) is 0 Å². The number of methoxy groups -OCH3 is 1. The smallest absolute Gasteiger partial charge is 0.275 e. The number of rotatable bonds is 3. The number of nitrogens with zero attached hydrogens (tertiary/aromatic N) is 2. The SMILES string of the molecule is COc1nc(N2CCC2)c(CO)s1. The Morgan fingerprint density at radius 3 is 2.85 bits per heavy atom. The summed E-state index contributed by atoms with van der Waals surface area (Å²) in [6.45, 7) is 2.13. The predicted octanol–water partition coefficient (Wildman–Crippen LogP) is 0.854. The van der Waals surface area contributed by atoms with Crippen molar-refractivity contribution in [3.63, 3.8) is 0 Å². The molecule has 0 unspecified atom stereocenters. The number of anilines is 1. The van der Waals surface area contributed by atoms with Crippen LogP contribution in [0.3, 0.4) is 0 Å². The van der Waals surface area contributed by atoms with E-state index < -0.39 is 0 Å². The fourth-order valence-electron chi connectivity index (χ4n) is 1.29. The fraction of sp³-hybridized carbons (Fsp3) is 0.625. The molecule has 5 heteroatoms. The number of ether oxygens (including phenoxy) is 1. The van der Waals surface area contributed by atoms with Crippen molar-refractivity contribution in [1.82, 2.24) is 4.98 Å². The van der Waals surface area contributed by atoms with Gasteiger partial charge in [0, 0.05) is 13.1 Å². The van der Waals surface area contributed by atoms with Gasteiger partial charge >= 0.3 is 0 Å². The Kier molecular flexibility index (Phi) is 2.37. The van der Waals surface area contributed by atoms with Crippen LogP contribution in [0.25, 0.3) is 0 Å². The summed E-state index contributed by atoms with van der Waals surface area (Å²) in [5, 5.41) is 9.71. The number of aliphatic hydroxyl groups excluding tert-OH is 1. The maximum Gasteiger partial charge on any atom is 0.275 e. The Bertz CT molecular complexity index is 296. The molecule has 2 rings (SSSR count). The normalized spacial score (nSPS) is 15.7. The summed E-state index contributed by atoms with van der Waals surface area (Å²) in [5.74, 6) is 0.899. The van der Waals surface area contributed by atoms with Gasteiger partial charge in [0.1, 0.15) is 5.82 Å². The average Bonchev–Trinajstić information content (AvgIpc) is 2.45. The third-order valence-electron chi connectivity index (χ3n) is 2.13. The molecule has 1 N–H and O–H groups in total. The molecule has 0 radical (unpaired) electrons. The molecule has 0 aromatic carbocycles. The van der Waals surface area contributed by atoms with Crippen LogP contribution in [0.15, 0.2) is 0 Å². The van der Waals surface area contributed by atoms with Crippen molar-refractivity contribution in [3.05, 3.63) is 4.88 Å². The molecule has 1 aromatic rings. The quantitative estimate of drug-likeness (QED) is 0.786. The number of hydrogen-bond donors (Lipinski definition) is 1. The van der Waals surface area contributed by atoms with Crippen molar-refractivity contribution in [2.75, 3.05) is 25.1 Å². The van der Waals surface area contributed by atoms with Crippen molar-refractivity contribution >= 4 is 17.2 Å². The molecule has 2 heterocycles. The minimum Gasteiger partial charge on any atom is -0.473 e. The van der Waals surface area contributed by atoms with Crippen molar-refractivity contribution in [1.29, 1.82) is 0 Å². The van der Waals surface area contributed by atoms with Crippen LogP contribution in [-0.2, 0) is 6.61 Å². The van der Waals surface area contributed by atoms with Crippen LogP contribution in [-0.4, -0.2) is 30.3 Å². The van der Waals surface area contributed by atoms with Crippen molar-refractivity contribution in [2.24, 2.45) is 0 Å². The lowest BCUT2D eigenvalue weighted by molar-refractivity contribution is 0.285. The van der Waals surface area contributed by atoms with Gasteiger partial charge < -0.3 is 14.7 Å². The van der Waals surface area contributed by atoms with Crippen LogP contribution < -0.4 is 9.64 Å². The van der Waals surface area contributed by atoms with Crippen LogP contribution in [0.5, 0.6) is 5.19 Å². The standard InChI is InChI=1S/C8H12N2O2S/c1-12-8-9-7(6(5-11)13-8)10-3-2-4-10/h11H,2-5H2,1H3. The highest BCUT2D eigenvalue weighted by Gasteiger charge is 2.21. The average molecular weight is 200 g/mol. The fourth-order valence-corrected chi connectivity index (χ4v) is 2.04. The molecule has 0 saturated carbocycles. The van der Waals surface area contributed by atoms with E-state index in [1.54, 1.807) is 7.11 Å². The van der Waals surface area contributed by atoms with E-state index in [4.69, 9.17) is 9.84 Å². The Morgan fingerprint density at radius 1 is 1.62 bits per heavy atom. The van der Waals surface area contributed by atoms with Crippen LogP contribution in [0, 0.1) is 0 Å². The van der Waals surface area contributed by atoms with Crippen LogP contribution in [0.1, 0.15) is 11.3 Å². The van der Waals surface area contributed by atoms with E-state index in [0.29, 0.717) is 5.19 Å². The largest absolute Gasteiger partial charge is 0.473 e. The molecule has 1 saturated heterocycles. The summed E-state index contributed by atoms with van der Waals surface area (Å²) in [7, 11) is 1.60. The second-order valence-electron chi connectivity index (χ2n) is 2.93. The Balaban J connectivity index is 2.25. The molecule has 0 aliphatic carbocycles. The zero-order valence-corrected chi connectivity index (χ0v) is 8.30. The first-order valence-electron chi connectivity index (χ1n) is 4.24. The van der Waals surface area contributed by atoms with E-state index in [1.807, 2.05) is 0 Å². The Morgan fingerprint density at radius 2 is 2.38 bits per heavy atom. The van der Waals surface area contributed by atoms with Crippen molar-refractivity contribution in [3.8, 4) is 5.19 Å². The van der Waals surface area contributed by atoms with Gasteiger partial charge in [-0.05, 0) is 6.42 Å². The van der Waals surface area contributed by atoms with Crippen molar-refractivity contribution < 1.29 is 9.84 Å². The van der Waals surface area contributed by atoms with Gasteiger partial charge in [-0.3, -0.25) is 0 Å². The Hall–Kier alpha value is -0.810. The number of hydrogen-bond acceptors (Lipinski definition) is 5. The van der Waals surface area contributed by atoms with Gasteiger partial charge in [0.15, 0.2) is 0 Å². The lowest BCUT2D eigenvalue weighted by atomic mass is 10.2. The second kappa shape index (κ2) is 3.51. The summed E-state index contributed by atoms with van der Waals surface area (Å²) in [5.41, 5.74) is 0. The molecule has 0 amide bonds. The third kappa shape index (κ3) is 1.49. The summed E-state index contributed by atoms with van der Waals surface area (Å²) in [6, 6.07) is 0. The minimum absolute atomic E-state index is 0.0485. The van der Waals surface area contributed by atoms with Crippen LogP contribution in [0.2, 0.25) is 0 Å². The summed E-state index contributed by atoms with van der Waals surface area (Å²) < 4.78 is 5.03. The molecule has 1 aromatic heterocycles. The minimum atomic E-state index is 0.0485. The van der Waals surface area contributed by atoms with Crippen LogP contribution >= 0.6 is 11.3 Å². The van der Waals surface area contributed by atoms with Gasteiger partial charge in [-0.1, -0.05) is 11.3 Å². The molecule has 1 aliphatic rings. The number of aromatic nitrogens is 1. The molecule has 1 fully saturated rings. The topological polar surface area (TPSA) is 45.6 Å². The summed E-state index contributed by atoms with van der Waals surface area (Å²) in [4.78, 5) is 7.34. The maximum atomic E-state index is 9.08. The van der Waals surface area contributed by atoms with Crippen LogP contribution in [0.4, 0.5) is 5.82 Å². The molecule has 72 valence electrons. The molecule has 0 spiro atoms. The van der Waals surface area contributed by atoms with Gasteiger partial charge in [0.05, 0.1) is 18.6 Å². The molecular formula is C8H12N2O2S. The molecule has 13 heavy (non-hydrogen) atoms. The van der Waals surface area contributed by atoms with E-state index in [-0.39, 0.29) is 6.61 Å². The van der Waals surface area contributed by atoms with Gasteiger partial charge in [-0.2, -0.15) is 4.98 Å². The predicted molar refractivity (Wildman–Crippen MR) is 51.4 cm³/mol. The maximum absolute atomic E-state index is 9.08. The zero-order chi connectivity index (χ0) is 9.26. The number of thiazole rings is 1. The zero-order valence-electron chi connectivity index (χ0n) is 7.49. The van der Waals surface area contributed by atoms with Gasteiger partial charge in [-0.25, -0.2) is 0 Å². The monoisotopic (exact) mass is 200 g/mol. The first kappa shape index (κ1) is 8.77. The highest BCUT2D eigenvalue weighted by Crippen LogP contribution is 2.33. The molecule has 0 atom stereocenters. The summed E-state index contributed by atoms with van der Waals surface area (Å²) >= 11 is 1.41. The summed E-state index contributed by atoms with van der Waals surface area (Å²) in [6.07, 6.45) is 1.21. The number of aliphatic hydroxyl groups is 1. The molecule has 1 aliphatic heterocycles. The first-order chi connectivity index (χ1) is 6.35. The molecule has 0 bridgehead atoms. The Labute approximate surface area is 80.8 Å². The highest BCUT2D eigenvalue weighted by atomic mass is 32.1. The highest BCUT2D eigenvalue weighted by molar-refractivity contribution is 7.13. The first-order valence-corrected chi connectivity index (χ1v) is 5.06. The van der Waals surface area contributed by atoms with E-state index >= 15 is 0 Å². The lowest BCUT2D eigenvalue weighted by Gasteiger charge is -2.31. The van der Waals surface area contributed by atoms with E-state index in [2.05, 4.69) is 9.88 Å². The van der Waals surface area contributed by atoms with Gasteiger partial charge in [0.2, 0.25) is 0 Å². The third-order valence-corrected chi connectivity index (χ3v) is 3.12. The van der Waals surface area contributed by atoms with E-state index in [0.717, 1.165) is 23.8 Å². The lowest BCUT2D eigenvalue weighted by Crippen LogP contribution is -2.37. The molecular weight excluding hydrogens is 188 g/mol. The molecule has 4 nitrogen and oxygen atoms in total. The van der Waals surface area contributed by atoms with Gasteiger partial charge in [0.25, 0.3) is 5.19 Å². The van der Waals surface area contributed by atoms with E-state index in [1.165, 1.54) is 17.8 Å².